The van der Waals surface area contributed by atoms with Crippen LogP contribution in [-0.2, 0) is 6.42 Å². The van der Waals surface area contributed by atoms with Crippen LogP contribution >= 0.6 is 0 Å². The lowest BCUT2D eigenvalue weighted by Crippen LogP contribution is -2.29. The minimum Gasteiger partial charge on any atom is -0.490 e. The molecule has 1 fully saturated rings. The van der Waals surface area contributed by atoms with Gasteiger partial charge in [-0.3, -0.25) is 0 Å². The molecule has 1 saturated carbocycles. The number of hydrogen-bond acceptors (Lipinski definition) is 2. The zero-order chi connectivity index (χ0) is 14.7. The van der Waals surface area contributed by atoms with Crippen molar-refractivity contribution in [1.29, 1.82) is 0 Å². The molecule has 0 bridgehead atoms. The molecule has 0 radical (unpaired) electrons. The molecule has 3 unspecified atom stereocenters. The van der Waals surface area contributed by atoms with E-state index in [1.807, 2.05) is 0 Å². The molecule has 3 rings (SSSR count). The topological polar surface area (TPSA) is 21.3 Å². The molecular weight excluding hydrogens is 258 g/mol. The summed E-state index contributed by atoms with van der Waals surface area (Å²) >= 11 is 0. The molecule has 1 aromatic carbocycles. The molecule has 116 valence electrons. The fourth-order valence-electron chi connectivity index (χ4n) is 4.10. The average Bonchev–Trinajstić information content (AvgIpc) is 2.91. The van der Waals surface area contributed by atoms with Crippen LogP contribution in [0.4, 0.5) is 0 Å². The van der Waals surface area contributed by atoms with Crippen LogP contribution < -0.4 is 10.1 Å². The van der Waals surface area contributed by atoms with Crippen LogP contribution in [-0.4, -0.2) is 12.6 Å². The van der Waals surface area contributed by atoms with E-state index in [4.69, 9.17) is 4.74 Å². The molecule has 2 heteroatoms. The summed E-state index contributed by atoms with van der Waals surface area (Å²) in [5.74, 6) is 1.85. The van der Waals surface area contributed by atoms with Gasteiger partial charge in [-0.15, -0.1) is 0 Å². The maximum Gasteiger partial charge on any atom is 0.120 e. The Balaban J connectivity index is 1.70. The van der Waals surface area contributed by atoms with Crippen LogP contribution in [0.15, 0.2) is 18.2 Å². The van der Waals surface area contributed by atoms with Crippen molar-refractivity contribution in [2.45, 2.75) is 70.9 Å². The van der Waals surface area contributed by atoms with Gasteiger partial charge in [0.1, 0.15) is 11.9 Å². The molecule has 1 N–H and O–H groups in total. The minimum absolute atomic E-state index is 0.438. The van der Waals surface area contributed by atoms with E-state index in [0.29, 0.717) is 12.1 Å². The van der Waals surface area contributed by atoms with Crippen LogP contribution in [0.25, 0.3) is 0 Å². The Hall–Kier alpha value is -1.02. The van der Waals surface area contributed by atoms with Crippen molar-refractivity contribution >= 4 is 0 Å². The van der Waals surface area contributed by atoms with Gasteiger partial charge in [0.15, 0.2) is 0 Å². The Kier molecular flexibility index (Phi) is 4.84. The minimum atomic E-state index is 0.438. The first-order valence-electron chi connectivity index (χ1n) is 8.84. The van der Waals surface area contributed by atoms with Crippen LogP contribution in [0.3, 0.4) is 0 Å². The van der Waals surface area contributed by atoms with E-state index in [9.17, 15) is 0 Å². The molecule has 0 aromatic heterocycles. The van der Waals surface area contributed by atoms with Gasteiger partial charge < -0.3 is 10.1 Å². The zero-order valence-electron chi connectivity index (χ0n) is 13.5. The number of hydrogen-bond donors (Lipinski definition) is 1. The maximum absolute atomic E-state index is 6.36. The fourth-order valence-corrected chi connectivity index (χ4v) is 4.10. The van der Waals surface area contributed by atoms with Gasteiger partial charge in [0.25, 0.3) is 0 Å². The van der Waals surface area contributed by atoms with Crippen molar-refractivity contribution in [3.8, 4) is 5.75 Å². The summed E-state index contributed by atoms with van der Waals surface area (Å²) in [5, 5.41) is 3.58. The van der Waals surface area contributed by atoms with Gasteiger partial charge in [-0.05, 0) is 74.2 Å². The Morgan fingerprint density at radius 2 is 2.00 bits per heavy atom. The van der Waals surface area contributed by atoms with E-state index < -0.39 is 0 Å². The quantitative estimate of drug-likeness (QED) is 0.852. The second-order valence-electron chi connectivity index (χ2n) is 6.62. The van der Waals surface area contributed by atoms with Crippen LogP contribution in [0, 0.1) is 5.92 Å². The van der Waals surface area contributed by atoms with E-state index in [0.717, 1.165) is 18.2 Å². The van der Waals surface area contributed by atoms with Crippen molar-refractivity contribution in [2.75, 3.05) is 6.54 Å². The van der Waals surface area contributed by atoms with E-state index in [-0.39, 0.29) is 0 Å². The van der Waals surface area contributed by atoms with Gasteiger partial charge in [0.05, 0.1) is 0 Å². The predicted octanol–water partition coefficient (Wildman–Crippen LogP) is 4.63. The van der Waals surface area contributed by atoms with Crippen molar-refractivity contribution in [3.05, 3.63) is 29.3 Å². The van der Waals surface area contributed by atoms with Crippen LogP contribution in [0.5, 0.6) is 5.75 Å². The number of aryl methyl sites for hydroxylation is 1. The molecule has 3 atom stereocenters. The lowest BCUT2D eigenvalue weighted by atomic mass is 9.85. The summed E-state index contributed by atoms with van der Waals surface area (Å²) in [6.45, 7) is 5.53. The number of benzene rings is 1. The highest BCUT2D eigenvalue weighted by Gasteiger charge is 2.26. The van der Waals surface area contributed by atoms with Crippen LogP contribution in [0.1, 0.15) is 69.5 Å². The molecule has 21 heavy (non-hydrogen) atoms. The molecular formula is C19H29NO. The summed E-state index contributed by atoms with van der Waals surface area (Å²) in [4.78, 5) is 0. The summed E-state index contributed by atoms with van der Waals surface area (Å²) in [6.07, 6.45) is 9.39. The second-order valence-corrected chi connectivity index (χ2v) is 6.62. The summed E-state index contributed by atoms with van der Waals surface area (Å²) in [6, 6.07) is 7.33. The van der Waals surface area contributed by atoms with Gasteiger partial charge in [0, 0.05) is 6.04 Å². The number of nitrogens with one attached hydrogen (secondary N) is 1. The lowest BCUT2D eigenvalue weighted by Gasteiger charge is -2.31. The molecule has 1 aromatic rings. The molecule has 0 spiro atoms. The molecule has 2 aliphatic carbocycles. The first-order valence-corrected chi connectivity index (χ1v) is 8.84. The molecule has 2 aliphatic rings. The maximum atomic E-state index is 6.36. The van der Waals surface area contributed by atoms with Crippen molar-refractivity contribution in [3.63, 3.8) is 0 Å². The third-order valence-electron chi connectivity index (χ3n) is 5.29. The van der Waals surface area contributed by atoms with Gasteiger partial charge in [0.2, 0.25) is 0 Å². The van der Waals surface area contributed by atoms with Gasteiger partial charge in [-0.1, -0.05) is 26.3 Å². The smallest absolute Gasteiger partial charge is 0.120 e. The highest BCUT2D eigenvalue weighted by molar-refractivity contribution is 5.40. The normalized spacial score (nSPS) is 28.4. The molecule has 2 nitrogen and oxygen atoms in total. The third kappa shape index (κ3) is 3.26. The monoisotopic (exact) mass is 287 g/mol. The Bertz CT molecular complexity index is 471. The molecule has 0 amide bonds. The lowest BCUT2D eigenvalue weighted by molar-refractivity contribution is 0.0903. The first kappa shape index (κ1) is 14.9. The van der Waals surface area contributed by atoms with E-state index in [1.165, 1.54) is 56.1 Å². The molecule has 0 aliphatic heterocycles. The van der Waals surface area contributed by atoms with Crippen molar-refractivity contribution < 1.29 is 4.74 Å². The third-order valence-corrected chi connectivity index (χ3v) is 5.29. The number of ether oxygens (including phenoxy) is 1. The number of rotatable bonds is 5. The van der Waals surface area contributed by atoms with Crippen molar-refractivity contribution in [2.24, 2.45) is 5.92 Å². The highest BCUT2D eigenvalue weighted by Crippen LogP contribution is 2.35. The average molecular weight is 287 g/mol. The number of fused-ring (bicyclic) bond motifs is 1. The predicted molar refractivity (Wildman–Crippen MR) is 87.8 cm³/mol. The van der Waals surface area contributed by atoms with Crippen molar-refractivity contribution in [1.82, 2.24) is 5.32 Å². The fraction of sp³-hybridized carbons (Fsp3) is 0.684. The first-order chi connectivity index (χ1) is 10.3. The standard InChI is InChI=1S/C19H29NO/c1-3-14-7-5-6-8-19(14)21-16-10-11-17-15(13-16)9-12-18(17)20-4-2/h10-11,13-14,18-20H,3-9,12H2,1-2H3. The summed E-state index contributed by atoms with van der Waals surface area (Å²) in [5.41, 5.74) is 2.97. The molecule has 0 saturated heterocycles. The van der Waals surface area contributed by atoms with Gasteiger partial charge in [-0.25, -0.2) is 0 Å². The van der Waals surface area contributed by atoms with E-state index in [2.05, 4.69) is 37.4 Å². The SMILES string of the molecule is CCNC1CCc2cc(OC3CCCCC3CC)ccc21. The van der Waals surface area contributed by atoms with E-state index >= 15 is 0 Å². The highest BCUT2D eigenvalue weighted by atomic mass is 16.5. The second kappa shape index (κ2) is 6.83. The van der Waals surface area contributed by atoms with Gasteiger partial charge in [-0.2, -0.15) is 0 Å². The Morgan fingerprint density at radius 3 is 2.81 bits per heavy atom. The Labute approximate surface area is 129 Å². The van der Waals surface area contributed by atoms with Gasteiger partial charge >= 0.3 is 0 Å². The Morgan fingerprint density at radius 1 is 1.14 bits per heavy atom. The van der Waals surface area contributed by atoms with E-state index in [1.54, 1.807) is 0 Å². The zero-order valence-corrected chi connectivity index (χ0v) is 13.5. The largest absolute Gasteiger partial charge is 0.490 e. The van der Waals surface area contributed by atoms with Crippen LogP contribution in [0.2, 0.25) is 0 Å². The molecule has 0 heterocycles. The summed E-state index contributed by atoms with van der Waals surface area (Å²) < 4.78 is 6.36. The summed E-state index contributed by atoms with van der Waals surface area (Å²) in [7, 11) is 0.